The van der Waals surface area contributed by atoms with E-state index in [9.17, 15) is 25.2 Å². The van der Waals surface area contributed by atoms with Crippen LogP contribution in [0.25, 0.3) is 0 Å². The summed E-state index contributed by atoms with van der Waals surface area (Å²) in [6.45, 7) is 4.03. The number of carbonyl (C=O) groups excluding carboxylic acids is 1. The van der Waals surface area contributed by atoms with Gasteiger partial charge in [-0.05, 0) is 64.2 Å². The van der Waals surface area contributed by atoms with Crippen molar-refractivity contribution in [3.05, 3.63) is 24.3 Å². The molecule has 0 aliphatic carbocycles. The summed E-state index contributed by atoms with van der Waals surface area (Å²) in [7, 11) is 0. The monoisotopic (exact) mass is 736 g/mol. The molecule has 308 valence electrons. The molecule has 1 amide bonds. The van der Waals surface area contributed by atoms with E-state index < -0.39 is 36.9 Å². The third-order valence-electron chi connectivity index (χ3n) is 10.6. The van der Waals surface area contributed by atoms with E-state index in [0.717, 1.165) is 38.5 Å². The van der Waals surface area contributed by atoms with E-state index in [-0.39, 0.29) is 0 Å². The third kappa shape index (κ3) is 34.6. The van der Waals surface area contributed by atoms with Crippen LogP contribution in [-0.2, 0) is 4.79 Å². The van der Waals surface area contributed by atoms with E-state index in [2.05, 4.69) is 43.5 Å². The molecule has 4 atom stereocenters. The van der Waals surface area contributed by atoms with Gasteiger partial charge in [0, 0.05) is 0 Å². The van der Waals surface area contributed by atoms with E-state index in [1.165, 1.54) is 167 Å². The average molecular weight is 736 g/mol. The summed E-state index contributed by atoms with van der Waals surface area (Å²) in [5.41, 5.74) is 0. The van der Waals surface area contributed by atoms with Crippen LogP contribution in [0, 0.1) is 0 Å². The number of hydrogen-bond donors (Lipinski definition) is 5. The molecule has 0 aromatic rings. The zero-order chi connectivity index (χ0) is 38.2. The van der Waals surface area contributed by atoms with Crippen molar-refractivity contribution in [2.45, 2.75) is 257 Å². The number of rotatable bonds is 41. The number of unbranched alkanes of at least 4 members (excludes halogenated alkanes) is 28. The Bertz CT molecular complexity index is 787. The Hall–Kier alpha value is -1.21. The fourth-order valence-corrected chi connectivity index (χ4v) is 6.99. The number of allylic oxidation sites excluding steroid dienone is 4. The van der Waals surface area contributed by atoms with Crippen LogP contribution >= 0.6 is 0 Å². The molecule has 0 rings (SSSR count). The number of aliphatic hydroxyl groups is 4. The summed E-state index contributed by atoms with van der Waals surface area (Å²) in [5.74, 6) is -0.596. The molecule has 0 aromatic carbocycles. The lowest BCUT2D eigenvalue weighted by Crippen LogP contribution is -2.53. The van der Waals surface area contributed by atoms with Gasteiger partial charge in [0.05, 0.1) is 18.8 Å². The smallest absolute Gasteiger partial charge is 0.249 e. The zero-order valence-electron chi connectivity index (χ0n) is 34.6. The Morgan fingerprint density at radius 3 is 1.15 bits per heavy atom. The molecule has 0 fully saturated rings. The van der Waals surface area contributed by atoms with Crippen LogP contribution in [0.5, 0.6) is 0 Å². The van der Waals surface area contributed by atoms with Gasteiger partial charge in [-0.3, -0.25) is 4.79 Å². The van der Waals surface area contributed by atoms with E-state index in [1.807, 2.05) is 0 Å². The van der Waals surface area contributed by atoms with E-state index in [4.69, 9.17) is 0 Å². The zero-order valence-corrected chi connectivity index (χ0v) is 34.6. The SMILES string of the molecule is CCCCCCCCCC/C=C/CCCC(O)C(O)C(CO)NC(=O)C(O)CCCCCCCCC/C=C\CCCCCCCCCCCCCC. The molecule has 0 saturated heterocycles. The Morgan fingerprint density at radius 2 is 0.788 bits per heavy atom. The molecule has 4 unspecified atom stereocenters. The van der Waals surface area contributed by atoms with Gasteiger partial charge in [-0.1, -0.05) is 192 Å². The average Bonchev–Trinajstić information content (AvgIpc) is 3.15. The largest absolute Gasteiger partial charge is 0.394 e. The van der Waals surface area contributed by atoms with Crippen LogP contribution in [0.4, 0.5) is 0 Å². The molecule has 0 bridgehead atoms. The highest BCUT2D eigenvalue weighted by atomic mass is 16.3. The molecule has 0 spiro atoms. The minimum absolute atomic E-state index is 0.359. The van der Waals surface area contributed by atoms with E-state index >= 15 is 0 Å². The lowest BCUT2D eigenvalue weighted by atomic mass is 10.00. The van der Waals surface area contributed by atoms with Crippen LogP contribution in [0.1, 0.15) is 232 Å². The van der Waals surface area contributed by atoms with Crippen molar-refractivity contribution >= 4 is 5.91 Å². The van der Waals surface area contributed by atoms with Gasteiger partial charge in [-0.2, -0.15) is 0 Å². The first-order valence-corrected chi connectivity index (χ1v) is 22.7. The highest BCUT2D eigenvalue weighted by molar-refractivity contribution is 5.80. The summed E-state index contributed by atoms with van der Waals surface area (Å²) >= 11 is 0. The molecular weight excluding hydrogens is 647 g/mol. The molecule has 0 radical (unpaired) electrons. The summed E-state index contributed by atoms with van der Waals surface area (Å²) in [4.78, 5) is 12.5. The minimum Gasteiger partial charge on any atom is -0.394 e. The topological polar surface area (TPSA) is 110 Å². The van der Waals surface area contributed by atoms with Crippen LogP contribution in [0.2, 0.25) is 0 Å². The van der Waals surface area contributed by atoms with Crippen molar-refractivity contribution in [1.29, 1.82) is 0 Å². The lowest BCUT2D eigenvalue weighted by Gasteiger charge is -2.27. The van der Waals surface area contributed by atoms with E-state index in [1.54, 1.807) is 0 Å². The second-order valence-corrected chi connectivity index (χ2v) is 15.7. The maximum absolute atomic E-state index is 12.5. The second kappa shape index (κ2) is 41.0. The predicted octanol–water partition coefficient (Wildman–Crippen LogP) is 12.0. The van der Waals surface area contributed by atoms with Crippen molar-refractivity contribution in [3.8, 4) is 0 Å². The van der Waals surface area contributed by atoms with Crippen molar-refractivity contribution < 1.29 is 25.2 Å². The van der Waals surface area contributed by atoms with Crippen LogP contribution < -0.4 is 5.32 Å². The fraction of sp³-hybridized carbons (Fsp3) is 0.891. The number of aliphatic hydroxyl groups excluding tert-OH is 4. The molecule has 5 N–H and O–H groups in total. The Balaban J connectivity index is 3.72. The van der Waals surface area contributed by atoms with Crippen LogP contribution in [0.3, 0.4) is 0 Å². The highest BCUT2D eigenvalue weighted by Crippen LogP contribution is 2.15. The highest BCUT2D eigenvalue weighted by Gasteiger charge is 2.28. The lowest BCUT2D eigenvalue weighted by molar-refractivity contribution is -0.132. The molecule has 6 nitrogen and oxygen atoms in total. The Labute approximate surface area is 323 Å². The molecule has 0 heterocycles. The first-order chi connectivity index (χ1) is 25.5. The maximum Gasteiger partial charge on any atom is 0.249 e. The predicted molar refractivity (Wildman–Crippen MR) is 224 cm³/mol. The Kier molecular flexibility index (Phi) is 40.0. The number of hydrogen-bond acceptors (Lipinski definition) is 5. The van der Waals surface area contributed by atoms with Gasteiger partial charge < -0.3 is 25.7 Å². The van der Waals surface area contributed by atoms with Gasteiger partial charge in [0.2, 0.25) is 5.91 Å². The van der Waals surface area contributed by atoms with Gasteiger partial charge in [0.15, 0.2) is 0 Å². The van der Waals surface area contributed by atoms with Gasteiger partial charge >= 0.3 is 0 Å². The molecular formula is C46H89NO5. The van der Waals surface area contributed by atoms with Crippen molar-refractivity contribution in [1.82, 2.24) is 5.32 Å². The fourth-order valence-electron chi connectivity index (χ4n) is 6.99. The van der Waals surface area contributed by atoms with Crippen LogP contribution in [-0.4, -0.2) is 57.3 Å². The molecule has 0 aromatic heterocycles. The standard InChI is InChI=1S/C46H89NO5/c1-3-5-7-9-11-13-15-17-18-19-20-21-22-23-24-25-26-28-30-32-34-36-38-40-44(50)46(52)47-42(41-48)45(51)43(49)39-37-35-33-31-29-27-16-14-12-10-8-6-4-2/h23-24,31,33,42-45,48-51H,3-22,25-30,32,34-41H2,1-2H3,(H,47,52)/b24-23-,33-31+. The maximum atomic E-state index is 12.5. The quantitative estimate of drug-likeness (QED) is 0.0317. The molecule has 6 heteroatoms. The summed E-state index contributed by atoms with van der Waals surface area (Å²) in [6, 6.07) is -1.00. The normalized spacial score (nSPS) is 14.3. The van der Waals surface area contributed by atoms with Gasteiger partial charge in [-0.25, -0.2) is 0 Å². The number of nitrogens with one attached hydrogen (secondary N) is 1. The number of amides is 1. The summed E-state index contributed by atoms with van der Waals surface area (Å²) in [6.07, 6.45) is 46.5. The third-order valence-corrected chi connectivity index (χ3v) is 10.6. The first kappa shape index (κ1) is 50.8. The van der Waals surface area contributed by atoms with Crippen molar-refractivity contribution in [2.75, 3.05) is 6.61 Å². The number of carbonyl (C=O) groups is 1. The van der Waals surface area contributed by atoms with Gasteiger partial charge in [0.1, 0.15) is 12.2 Å². The van der Waals surface area contributed by atoms with Crippen molar-refractivity contribution in [2.24, 2.45) is 0 Å². The summed E-state index contributed by atoms with van der Waals surface area (Å²) in [5, 5.41) is 43.6. The second-order valence-electron chi connectivity index (χ2n) is 15.7. The van der Waals surface area contributed by atoms with Crippen molar-refractivity contribution in [3.63, 3.8) is 0 Å². The molecule has 0 aliphatic heterocycles. The first-order valence-electron chi connectivity index (χ1n) is 22.7. The Morgan fingerprint density at radius 1 is 0.462 bits per heavy atom. The molecule has 0 aliphatic rings. The molecule has 52 heavy (non-hydrogen) atoms. The minimum atomic E-state index is -1.28. The summed E-state index contributed by atoms with van der Waals surface area (Å²) < 4.78 is 0. The van der Waals surface area contributed by atoms with Gasteiger partial charge in [-0.15, -0.1) is 0 Å². The van der Waals surface area contributed by atoms with E-state index in [0.29, 0.717) is 12.8 Å². The molecule has 0 saturated carbocycles. The van der Waals surface area contributed by atoms with Crippen LogP contribution in [0.15, 0.2) is 24.3 Å². The van der Waals surface area contributed by atoms with Gasteiger partial charge in [0.25, 0.3) is 0 Å².